The molecule has 0 amide bonds. The Kier molecular flexibility index (Phi) is 5.23. The van der Waals surface area contributed by atoms with Crippen LogP contribution in [0.25, 0.3) is 0 Å². The first kappa shape index (κ1) is 15.5. The summed E-state index contributed by atoms with van der Waals surface area (Å²) in [5.41, 5.74) is 2.45. The first-order valence-corrected chi connectivity index (χ1v) is 7.03. The monoisotopic (exact) mass is 271 g/mol. The summed E-state index contributed by atoms with van der Waals surface area (Å²) in [4.78, 5) is 0. The van der Waals surface area contributed by atoms with Crippen LogP contribution in [0, 0.1) is 5.41 Å². The standard InChI is InChI=1S/C14H26ClN3/c1-7-11-13(15)12(18(6)17-11)8-10(16-5)9-14(2,3)4/h10,16H,7-9H2,1-6H3. The summed E-state index contributed by atoms with van der Waals surface area (Å²) in [6.45, 7) is 8.88. The Bertz CT molecular complexity index is 390. The van der Waals surface area contributed by atoms with E-state index in [-0.39, 0.29) is 0 Å². The van der Waals surface area contributed by atoms with E-state index in [4.69, 9.17) is 11.6 Å². The second kappa shape index (κ2) is 6.07. The van der Waals surface area contributed by atoms with Crippen LogP contribution in [0.15, 0.2) is 0 Å². The van der Waals surface area contributed by atoms with Crippen molar-refractivity contribution in [3.63, 3.8) is 0 Å². The average Bonchev–Trinajstić information content (AvgIpc) is 2.53. The smallest absolute Gasteiger partial charge is 0.0850 e. The van der Waals surface area contributed by atoms with E-state index in [0.717, 1.165) is 35.7 Å². The first-order valence-electron chi connectivity index (χ1n) is 6.66. The van der Waals surface area contributed by atoms with Gasteiger partial charge in [-0.15, -0.1) is 0 Å². The number of hydrogen-bond acceptors (Lipinski definition) is 2. The minimum Gasteiger partial charge on any atom is -0.317 e. The quantitative estimate of drug-likeness (QED) is 0.891. The van der Waals surface area contributed by atoms with Crippen molar-refractivity contribution in [2.24, 2.45) is 12.5 Å². The summed E-state index contributed by atoms with van der Waals surface area (Å²) in [7, 11) is 3.99. The molecule has 104 valence electrons. The van der Waals surface area contributed by atoms with Gasteiger partial charge < -0.3 is 5.32 Å². The number of likely N-dealkylation sites (N-methyl/N-ethyl adjacent to an activating group) is 1. The molecule has 1 rings (SSSR count). The maximum absolute atomic E-state index is 6.39. The Hall–Kier alpha value is -0.540. The van der Waals surface area contributed by atoms with Crippen LogP contribution in [0.5, 0.6) is 0 Å². The molecule has 1 atom stereocenters. The first-order chi connectivity index (χ1) is 8.28. The molecule has 0 aliphatic rings. The van der Waals surface area contributed by atoms with Gasteiger partial charge in [0.2, 0.25) is 0 Å². The fourth-order valence-corrected chi connectivity index (χ4v) is 2.66. The maximum Gasteiger partial charge on any atom is 0.0850 e. The highest BCUT2D eigenvalue weighted by atomic mass is 35.5. The minimum atomic E-state index is 0.312. The van der Waals surface area contributed by atoms with Gasteiger partial charge in [0.05, 0.1) is 16.4 Å². The van der Waals surface area contributed by atoms with Crippen molar-refractivity contribution in [2.75, 3.05) is 7.05 Å². The summed E-state index contributed by atoms with van der Waals surface area (Å²) in [6.07, 6.45) is 2.93. The Morgan fingerprint density at radius 1 is 1.39 bits per heavy atom. The Balaban J connectivity index is 2.85. The summed E-state index contributed by atoms with van der Waals surface area (Å²) in [6, 6.07) is 0.433. The van der Waals surface area contributed by atoms with E-state index in [9.17, 15) is 0 Å². The number of hydrogen-bond donors (Lipinski definition) is 1. The molecule has 0 bridgehead atoms. The van der Waals surface area contributed by atoms with E-state index >= 15 is 0 Å². The van der Waals surface area contributed by atoms with Crippen LogP contribution in [-0.4, -0.2) is 22.9 Å². The van der Waals surface area contributed by atoms with Gasteiger partial charge in [0.15, 0.2) is 0 Å². The predicted molar refractivity (Wildman–Crippen MR) is 78.2 cm³/mol. The van der Waals surface area contributed by atoms with Crippen LogP contribution in [0.3, 0.4) is 0 Å². The molecular formula is C14H26ClN3. The molecule has 0 aliphatic carbocycles. The van der Waals surface area contributed by atoms with E-state index in [1.54, 1.807) is 0 Å². The third kappa shape index (κ3) is 3.99. The molecule has 1 N–H and O–H groups in total. The van der Waals surface area contributed by atoms with Gasteiger partial charge in [0, 0.05) is 19.5 Å². The summed E-state index contributed by atoms with van der Waals surface area (Å²) in [5, 5.41) is 8.70. The largest absolute Gasteiger partial charge is 0.317 e. The highest BCUT2D eigenvalue weighted by molar-refractivity contribution is 6.31. The fraction of sp³-hybridized carbons (Fsp3) is 0.786. The lowest BCUT2D eigenvalue weighted by atomic mass is 9.86. The van der Waals surface area contributed by atoms with Crippen LogP contribution in [0.4, 0.5) is 0 Å². The molecule has 18 heavy (non-hydrogen) atoms. The highest BCUT2D eigenvalue weighted by Crippen LogP contribution is 2.26. The number of halogens is 1. The van der Waals surface area contributed by atoms with E-state index in [0.29, 0.717) is 11.5 Å². The topological polar surface area (TPSA) is 29.9 Å². The number of nitrogens with one attached hydrogen (secondary N) is 1. The Labute approximate surface area is 116 Å². The predicted octanol–water partition coefficient (Wildman–Crippen LogP) is 3.20. The molecule has 0 aliphatic heterocycles. The molecule has 1 aromatic rings. The van der Waals surface area contributed by atoms with Crippen LogP contribution < -0.4 is 5.32 Å². The van der Waals surface area contributed by atoms with E-state index in [2.05, 4.69) is 38.1 Å². The molecule has 0 saturated carbocycles. The normalized spacial score (nSPS) is 13.9. The van der Waals surface area contributed by atoms with E-state index in [1.807, 2.05) is 18.8 Å². The summed E-state index contributed by atoms with van der Waals surface area (Å²) < 4.78 is 1.92. The number of aryl methyl sites for hydroxylation is 2. The molecular weight excluding hydrogens is 246 g/mol. The molecule has 0 saturated heterocycles. The second-order valence-electron chi connectivity index (χ2n) is 6.14. The van der Waals surface area contributed by atoms with Gasteiger partial charge in [0.1, 0.15) is 0 Å². The molecule has 0 aromatic carbocycles. The van der Waals surface area contributed by atoms with Crippen molar-refractivity contribution in [1.29, 1.82) is 0 Å². The second-order valence-corrected chi connectivity index (χ2v) is 6.52. The van der Waals surface area contributed by atoms with Gasteiger partial charge in [-0.3, -0.25) is 4.68 Å². The molecule has 3 nitrogen and oxygen atoms in total. The van der Waals surface area contributed by atoms with Crippen molar-refractivity contribution in [2.45, 2.75) is 53.0 Å². The number of nitrogens with zero attached hydrogens (tertiary/aromatic N) is 2. The molecule has 1 heterocycles. The Morgan fingerprint density at radius 2 is 2.00 bits per heavy atom. The lowest BCUT2D eigenvalue weighted by Gasteiger charge is -2.25. The molecule has 0 fully saturated rings. The van der Waals surface area contributed by atoms with Crippen LogP contribution in [-0.2, 0) is 19.9 Å². The summed E-state index contributed by atoms with van der Waals surface area (Å²) >= 11 is 6.39. The zero-order valence-corrected chi connectivity index (χ0v) is 13.2. The van der Waals surface area contributed by atoms with Gasteiger partial charge in [-0.1, -0.05) is 39.3 Å². The molecule has 4 heteroatoms. The lowest BCUT2D eigenvalue weighted by molar-refractivity contribution is 0.313. The molecule has 1 unspecified atom stereocenters. The highest BCUT2D eigenvalue weighted by Gasteiger charge is 2.21. The zero-order chi connectivity index (χ0) is 13.9. The third-order valence-corrected chi connectivity index (χ3v) is 3.65. The van der Waals surface area contributed by atoms with Crippen molar-refractivity contribution in [1.82, 2.24) is 15.1 Å². The van der Waals surface area contributed by atoms with E-state index < -0.39 is 0 Å². The van der Waals surface area contributed by atoms with Crippen LogP contribution in [0.1, 0.15) is 45.5 Å². The zero-order valence-electron chi connectivity index (χ0n) is 12.5. The van der Waals surface area contributed by atoms with Crippen LogP contribution in [0.2, 0.25) is 5.02 Å². The molecule has 1 aromatic heterocycles. The van der Waals surface area contributed by atoms with Crippen molar-refractivity contribution in [3.05, 3.63) is 16.4 Å². The average molecular weight is 272 g/mol. The number of aromatic nitrogens is 2. The van der Waals surface area contributed by atoms with Crippen molar-refractivity contribution >= 4 is 11.6 Å². The van der Waals surface area contributed by atoms with Gasteiger partial charge in [-0.25, -0.2) is 0 Å². The van der Waals surface area contributed by atoms with Crippen LogP contribution >= 0.6 is 11.6 Å². The van der Waals surface area contributed by atoms with Gasteiger partial charge >= 0.3 is 0 Å². The molecule has 0 spiro atoms. The SMILES string of the molecule is CCc1nn(C)c(CC(CC(C)(C)C)NC)c1Cl. The third-order valence-electron chi connectivity index (χ3n) is 3.21. The Morgan fingerprint density at radius 3 is 2.39 bits per heavy atom. The minimum absolute atomic E-state index is 0.312. The maximum atomic E-state index is 6.39. The van der Waals surface area contributed by atoms with Crippen molar-refractivity contribution in [3.8, 4) is 0 Å². The van der Waals surface area contributed by atoms with E-state index in [1.165, 1.54) is 0 Å². The summed E-state index contributed by atoms with van der Waals surface area (Å²) in [5.74, 6) is 0. The van der Waals surface area contributed by atoms with Gasteiger partial charge in [-0.05, 0) is 25.3 Å². The van der Waals surface area contributed by atoms with Crippen molar-refractivity contribution < 1.29 is 0 Å². The number of rotatable bonds is 5. The fourth-order valence-electron chi connectivity index (χ4n) is 2.29. The lowest BCUT2D eigenvalue weighted by Crippen LogP contribution is -2.32. The van der Waals surface area contributed by atoms with Gasteiger partial charge in [0.25, 0.3) is 0 Å². The van der Waals surface area contributed by atoms with Gasteiger partial charge in [-0.2, -0.15) is 5.10 Å². The molecule has 0 radical (unpaired) electrons.